The van der Waals surface area contributed by atoms with E-state index in [4.69, 9.17) is 0 Å². The van der Waals surface area contributed by atoms with E-state index in [1.54, 1.807) is 0 Å². The Morgan fingerprint density at radius 3 is 2.18 bits per heavy atom. The smallest absolute Gasteiger partial charge is 0.0269 e. The zero-order valence-corrected chi connectivity index (χ0v) is 8.22. The van der Waals surface area contributed by atoms with Crippen molar-refractivity contribution < 1.29 is 0 Å². The van der Waals surface area contributed by atoms with Crippen LogP contribution < -0.4 is 0 Å². The summed E-state index contributed by atoms with van der Waals surface area (Å²) in [4.78, 5) is 0. The average molecular weight is 152 g/mol. The summed E-state index contributed by atoms with van der Waals surface area (Å²) in [5.41, 5.74) is 0.698. The molecule has 0 heteroatoms. The highest BCUT2D eigenvalue weighted by molar-refractivity contribution is 5.03. The van der Waals surface area contributed by atoms with Gasteiger partial charge in [0.25, 0.3) is 0 Å². The summed E-state index contributed by atoms with van der Waals surface area (Å²) in [6.45, 7) is 9.86. The van der Waals surface area contributed by atoms with Crippen molar-refractivity contribution in [2.45, 2.75) is 40.5 Å². The molecule has 2 rings (SSSR count). The number of hydrogen-bond acceptors (Lipinski definition) is 0. The Bertz CT molecular complexity index is 173. The van der Waals surface area contributed by atoms with Gasteiger partial charge in [-0.05, 0) is 41.9 Å². The first kappa shape index (κ1) is 7.64. The van der Waals surface area contributed by atoms with E-state index in [-0.39, 0.29) is 0 Å². The Balaban J connectivity index is 2.29. The monoisotopic (exact) mass is 152 g/mol. The minimum Gasteiger partial charge on any atom is -0.0620 e. The van der Waals surface area contributed by atoms with E-state index in [0.717, 1.165) is 23.7 Å². The largest absolute Gasteiger partial charge is 0.0620 e. The van der Waals surface area contributed by atoms with Gasteiger partial charge in [-0.15, -0.1) is 0 Å². The fourth-order valence-corrected chi connectivity index (χ4v) is 3.62. The number of fused-ring (bicyclic) bond motifs is 2. The SMILES string of the molecule is CC1C2CC(C)C(C)(C2)C1C. The first-order chi connectivity index (χ1) is 5.05. The van der Waals surface area contributed by atoms with Gasteiger partial charge < -0.3 is 0 Å². The van der Waals surface area contributed by atoms with Crippen LogP contribution in [-0.4, -0.2) is 0 Å². The fraction of sp³-hybridized carbons (Fsp3) is 1.00. The molecule has 64 valence electrons. The van der Waals surface area contributed by atoms with Gasteiger partial charge in [0.2, 0.25) is 0 Å². The Hall–Kier alpha value is 0. The lowest BCUT2D eigenvalue weighted by Crippen LogP contribution is -2.31. The third kappa shape index (κ3) is 0.761. The van der Waals surface area contributed by atoms with Crippen molar-refractivity contribution in [3.8, 4) is 0 Å². The van der Waals surface area contributed by atoms with Crippen molar-refractivity contribution in [1.82, 2.24) is 0 Å². The molecule has 0 spiro atoms. The van der Waals surface area contributed by atoms with Gasteiger partial charge in [-0.25, -0.2) is 0 Å². The molecule has 2 bridgehead atoms. The third-order valence-corrected chi connectivity index (χ3v) is 5.06. The van der Waals surface area contributed by atoms with Crippen LogP contribution in [0.15, 0.2) is 0 Å². The van der Waals surface area contributed by atoms with Crippen LogP contribution in [0.25, 0.3) is 0 Å². The van der Waals surface area contributed by atoms with E-state index in [0.29, 0.717) is 5.41 Å². The molecular formula is C11H20. The summed E-state index contributed by atoms with van der Waals surface area (Å²) in [5.74, 6) is 4.01. The molecule has 2 fully saturated rings. The second kappa shape index (κ2) is 2.02. The molecule has 0 amide bonds. The summed E-state index contributed by atoms with van der Waals surface area (Å²) in [6.07, 6.45) is 3.01. The van der Waals surface area contributed by atoms with Gasteiger partial charge in [0.1, 0.15) is 0 Å². The molecule has 0 aliphatic heterocycles. The minimum absolute atomic E-state index is 0.698. The quantitative estimate of drug-likeness (QED) is 0.499. The molecule has 5 unspecified atom stereocenters. The van der Waals surface area contributed by atoms with Crippen LogP contribution in [0, 0.1) is 29.1 Å². The van der Waals surface area contributed by atoms with Crippen molar-refractivity contribution in [3.63, 3.8) is 0 Å². The van der Waals surface area contributed by atoms with Crippen molar-refractivity contribution in [3.05, 3.63) is 0 Å². The molecule has 5 atom stereocenters. The third-order valence-electron chi connectivity index (χ3n) is 5.06. The van der Waals surface area contributed by atoms with Crippen LogP contribution in [0.4, 0.5) is 0 Å². The van der Waals surface area contributed by atoms with Crippen LogP contribution in [0.1, 0.15) is 40.5 Å². The molecule has 0 N–H and O–H groups in total. The van der Waals surface area contributed by atoms with E-state index in [1.807, 2.05) is 0 Å². The van der Waals surface area contributed by atoms with Gasteiger partial charge in [-0.2, -0.15) is 0 Å². The fourth-order valence-electron chi connectivity index (χ4n) is 3.62. The Morgan fingerprint density at radius 2 is 1.82 bits per heavy atom. The molecule has 0 aromatic rings. The van der Waals surface area contributed by atoms with Crippen LogP contribution in [0.5, 0.6) is 0 Å². The van der Waals surface area contributed by atoms with Crippen molar-refractivity contribution in [2.24, 2.45) is 29.1 Å². The van der Waals surface area contributed by atoms with Crippen LogP contribution in [-0.2, 0) is 0 Å². The van der Waals surface area contributed by atoms with Crippen LogP contribution in [0.2, 0.25) is 0 Å². The van der Waals surface area contributed by atoms with E-state index in [9.17, 15) is 0 Å². The molecule has 0 aromatic carbocycles. The maximum absolute atomic E-state index is 2.51. The van der Waals surface area contributed by atoms with Crippen molar-refractivity contribution in [2.75, 3.05) is 0 Å². The van der Waals surface area contributed by atoms with Gasteiger partial charge in [0.05, 0.1) is 0 Å². The Labute approximate surface area is 70.4 Å². The molecule has 11 heavy (non-hydrogen) atoms. The van der Waals surface area contributed by atoms with E-state index < -0.39 is 0 Å². The highest BCUT2D eigenvalue weighted by Crippen LogP contribution is 2.62. The second-order valence-electron chi connectivity index (χ2n) is 5.25. The molecule has 0 heterocycles. The lowest BCUT2D eigenvalue weighted by atomic mass is 9.67. The predicted octanol–water partition coefficient (Wildman–Crippen LogP) is 3.32. The first-order valence-electron chi connectivity index (χ1n) is 5.05. The normalized spacial score (nSPS) is 62.2. The predicted molar refractivity (Wildman–Crippen MR) is 48.3 cm³/mol. The highest BCUT2D eigenvalue weighted by Gasteiger charge is 2.54. The first-order valence-corrected chi connectivity index (χ1v) is 5.05. The van der Waals surface area contributed by atoms with Crippen molar-refractivity contribution >= 4 is 0 Å². The van der Waals surface area contributed by atoms with Gasteiger partial charge in [0.15, 0.2) is 0 Å². The lowest BCUT2D eigenvalue weighted by Gasteiger charge is -2.38. The molecular weight excluding hydrogens is 132 g/mol. The van der Waals surface area contributed by atoms with E-state index in [1.165, 1.54) is 12.8 Å². The van der Waals surface area contributed by atoms with Gasteiger partial charge in [-0.1, -0.05) is 27.7 Å². The molecule has 0 saturated heterocycles. The van der Waals surface area contributed by atoms with Gasteiger partial charge in [-0.3, -0.25) is 0 Å². The van der Waals surface area contributed by atoms with Crippen LogP contribution in [0.3, 0.4) is 0 Å². The maximum atomic E-state index is 2.51. The van der Waals surface area contributed by atoms with Gasteiger partial charge >= 0.3 is 0 Å². The summed E-state index contributed by atoms with van der Waals surface area (Å²) in [5, 5.41) is 0. The van der Waals surface area contributed by atoms with Crippen molar-refractivity contribution in [1.29, 1.82) is 0 Å². The van der Waals surface area contributed by atoms with Gasteiger partial charge in [0, 0.05) is 0 Å². The molecule has 2 aliphatic carbocycles. The zero-order chi connectivity index (χ0) is 8.22. The lowest BCUT2D eigenvalue weighted by molar-refractivity contribution is 0.111. The Morgan fingerprint density at radius 1 is 1.18 bits per heavy atom. The number of rotatable bonds is 0. The minimum atomic E-state index is 0.698. The van der Waals surface area contributed by atoms with Crippen LogP contribution >= 0.6 is 0 Å². The molecule has 0 nitrogen and oxygen atoms in total. The zero-order valence-electron chi connectivity index (χ0n) is 8.22. The average Bonchev–Trinajstić information content (AvgIpc) is 2.34. The summed E-state index contributed by atoms with van der Waals surface area (Å²) >= 11 is 0. The number of hydrogen-bond donors (Lipinski definition) is 0. The standard InChI is InChI=1S/C11H20/c1-7-5-10-6-11(7,4)9(3)8(10)2/h7-10H,5-6H2,1-4H3. The molecule has 2 aliphatic rings. The Kier molecular flexibility index (Phi) is 1.41. The molecule has 0 radical (unpaired) electrons. The highest BCUT2D eigenvalue weighted by atomic mass is 14.6. The summed E-state index contributed by atoms with van der Waals surface area (Å²) in [7, 11) is 0. The topological polar surface area (TPSA) is 0 Å². The molecule has 2 saturated carbocycles. The summed E-state index contributed by atoms with van der Waals surface area (Å²) < 4.78 is 0. The molecule has 0 aromatic heterocycles. The second-order valence-corrected chi connectivity index (χ2v) is 5.25. The van der Waals surface area contributed by atoms with E-state index in [2.05, 4.69) is 27.7 Å². The van der Waals surface area contributed by atoms with E-state index >= 15 is 0 Å². The summed E-state index contributed by atoms with van der Waals surface area (Å²) in [6, 6.07) is 0. The maximum Gasteiger partial charge on any atom is -0.0269 e.